The van der Waals surface area contributed by atoms with Gasteiger partial charge in [0.2, 0.25) is 5.91 Å². The van der Waals surface area contributed by atoms with Crippen molar-refractivity contribution >= 4 is 5.91 Å². The van der Waals surface area contributed by atoms with Gasteiger partial charge in [-0.2, -0.15) is 5.10 Å². The number of nitrogens with zero attached hydrogens (tertiary/aromatic N) is 2. The zero-order valence-corrected chi connectivity index (χ0v) is 8.44. The third kappa shape index (κ3) is 1.62. The molecule has 2 saturated carbocycles. The Kier molecular flexibility index (Phi) is 1.97. The number of aromatic amines is 1. The average molecular weight is 206 g/mol. The normalized spacial score (nSPS) is 29.6. The van der Waals surface area contributed by atoms with Crippen molar-refractivity contribution in [2.24, 2.45) is 5.92 Å². The third-order valence-corrected chi connectivity index (χ3v) is 3.36. The van der Waals surface area contributed by atoms with E-state index in [-0.39, 0.29) is 17.7 Å². The molecule has 0 aliphatic heterocycles. The first-order chi connectivity index (χ1) is 7.34. The summed E-state index contributed by atoms with van der Waals surface area (Å²) in [5, 5.41) is 9.69. The quantitative estimate of drug-likeness (QED) is 0.759. The van der Waals surface area contributed by atoms with Gasteiger partial charge in [0.15, 0.2) is 0 Å². The highest BCUT2D eigenvalue weighted by Gasteiger charge is 2.46. The van der Waals surface area contributed by atoms with Crippen LogP contribution in [0, 0.1) is 5.92 Å². The maximum absolute atomic E-state index is 11.7. The second-order valence-electron chi connectivity index (χ2n) is 4.46. The highest BCUT2D eigenvalue weighted by atomic mass is 16.2. The molecule has 1 heterocycles. The first kappa shape index (κ1) is 8.88. The van der Waals surface area contributed by atoms with Crippen LogP contribution in [0.15, 0.2) is 6.33 Å². The van der Waals surface area contributed by atoms with Crippen molar-refractivity contribution in [3.05, 3.63) is 12.2 Å². The van der Waals surface area contributed by atoms with Crippen LogP contribution in [-0.4, -0.2) is 27.1 Å². The van der Waals surface area contributed by atoms with Gasteiger partial charge in [-0.05, 0) is 25.7 Å². The number of H-pyrrole nitrogens is 1. The first-order valence-corrected chi connectivity index (χ1v) is 5.50. The molecule has 2 N–H and O–H groups in total. The lowest BCUT2D eigenvalue weighted by Gasteiger charge is -2.26. The Bertz CT molecular complexity index is 358. The summed E-state index contributed by atoms with van der Waals surface area (Å²) in [6.07, 6.45) is 5.94. The number of carbonyl (C=O) groups excluding carboxylic acids is 1. The summed E-state index contributed by atoms with van der Waals surface area (Å²) >= 11 is 0. The molecule has 0 bridgehead atoms. The lowest BCUT2D eigenvalue weighted by atomic mass is 9.93. The van der Waals surface area contributed by atoms with Gasteiger partial charge in [0, 0.05) is 17.9 Å². The molecule has 0 aromatic carbocycles. The number of hydrogen-bond acceptors (Lipinski definition) is 3. The molecule has 3 rings (SSSR count). The second-order valence-corrected chi connectivity index (χ2v) is 4.46. The minimum Gasteiger partial charge on any atom is -0.353 e. The summed E-state index contributed by atoms with van der Waals surface area (Å²) in [5.41, 5.74) is 0. The van der Waals surface area contributed by atoms with Crippen LogP contribution in [0.25, 0.3) is 0 Å². The molecular formula is C10H14N4O. The molecule has 2 atom stereocenters. The summed E-state index contributed by atoms with van der Waals surface area (Å²) in [6, 6.07) is 0.438. The molecule has 1 aromatic rings. The van der Waals surface area contributed by atoms with E-state index in [4.69, 9.17) is 0 Å². The van der Waals surface area contributed by atoms with Crippen molar-refractivity contribution < 1.29 is 4.79 Å². The summed E-state index contributed by atoms with van der Waals surface area (Å²) < 4.78 is 0. The number of nitrogens with one attached hydrogen (secondary N) is 2. The summed E-state index contributed by atoms with van der Waals surface area (Å²) in [6.45, 7) is 0. The fourth-order valence-corrected chi connectivity index (χ4v) is 2.04. The molecule has 2 aliphatic carbocycles. The van der Waals surface area contributed by atoms with Gasteiger partial charge in [-0.15, -0.1) is 0 Å². The van der Waals surface area contributed by atoms with Crippen molar-refractivity contribution in [2.45, 2.75) is 37.6 Å². The zero-order chi connectivity index (χ0) is 10.3. The Morgan fingerprint density at radius 1 is 1.53 bits per heavy atom. The van der Waals surface area contributed by atoms with Crippen molar-refractivity contribution in [3.63, 3.8) is 0 Å². The fraction of sp³-hybridized carbons (Fsp3) is 0.700. The number of rotatable bonds is 3. The molecule has 0 saturated heterocycles. The number of hydrogen-bond donors (Lipinski definition) is 2. The summed E-state index contributed by atoms with van der Waals surface area (Å²) in [7, 11) is 0. The van der Waals surface area contributed by atoms with Gasteiger partial charge < -0.3 is 5.32 Å². The Morgan fingerprint density at radius 3 is 3.00 bits per heavy atom. The van der Waals surface area contributed by atoms with E-state index in [1.54, 1.807) is 0 Å². The van der Waals surface area contributed by atoms with Crippen LogP contribution in [0.4, 0.5) is 0 Å². The molecule has 0 unspecified atom stereocenters. The van der Waals surface area contributed by atoms with Gasteiger partial charge >= 0.3 is 0 Å². The lowest BCUT2D eigenvalue weighted by Crippen LogP contribution is -2.40. The molecule has 2 fully saturated rings. The van der Waals surface area contributed by atoms with Crippen LogP contribution in [0.3, 0.4) is 0 Å². The SMILES string of the molecule is O=C(NC1CCC1)[C@@H]1C[C@H]1c1ncn[nH]1. The largest absolute Gasteiger partial charge is 0.353 e. The smallest absolute Gasteiger partial charge is 0.224 e. The molecule has 15 heavy (non-hydrogen) atoms. The van der Waals surface area contributed by atoms with Crippen LogP contribution < -0.4 is 5.32 Å². The molecular weight excluding hydrogens is 192 g/mol. The van der Waals surface area contributed by atoms with Crippen LogP contribution in [0.2, 0.25) is 0 Å². The van der Waals surface area contributed by atoms with E-state index >= 15 is 0 Å². The maximum Gasteiger partial charge on any atom is 0.224 e. The van der Waals surface area contributed by atoms with Crippen molar-refractivity contribution in [2.75, 3.05) is 0 Å². The van der Waals surface area contributed by atoms with Gasteiger partial charge in [-0.25, -0.2) is 4.98 Å². The third-order valence-electron chi connectivity index (χ3n) is 3.36. The van der Waals surface area contributed by atoms with Gasteiger partial charge in [0.05, 0.1) is 0 Å². The highest BCUT2D eigenvalue weighted by molar-refractivity contribution is 5.82. The van der Waals surface area contributed by atoms with Crippen molar-refractivity contribution in [1.82, 2.24) is 20.5 Å². The van der Waals surface area contributed by atoms with E-state index in [0.717, 1.165) is 25.1 Å². The molecule has 0 spiro atoms. The fourth-order valence-electron chi connectivity index (χ4n) is 2.04. The Morgan fingerprint density at radius 2 is 2.40 bits per heavy atom. The molecule has 5 heteroatoms. The van der Waals surface area contributed by atoms with E-state index in [1.807, 2.05) is 0 Å². The molecule has 1 amide bonds. The number of amides is 1. The predicted octanol–water partition coefficient (Wildman–Crippen LogP) is 0.577. The van der Waals surface area contributed by atoms with E-state index in [9.17, 15) is 4.79 Å². The number of aromatic nitrogens is 3. The van der Waals surface area contributed by atoms with Gasteiger partial charge in [0.25, 0.3) is 0 Å². The van der Waals surface area contributed by atoms with E-state index in [2.05, 4.69) is 20.5 Å². The van der Waals surface area contributed by atoms with Crippen LogP contribution in [0.5, 0.6) is 0 Å². The molecule has 0 radical (unpaired) electrons. The van der Waals surface area contributed by atoms with Gasteiger partial charge in [-0.3, -0.25) is 9.89 Å². The molecule has 80 valence electrons. The van der Waals surface area contributed by atoms with Crippen molar-refractivity contribution in [3.8, 4) is 0 Å². The van der Waals surface area contributed by atoms with E-state index < -0.39 is 0 Å². The van der Waals surface area contributed by atoms with Crippen LogP contribution >= 0.6 is 0 Å². The Balaban J connectivity index is 1.55. The molecule has 2 aliphatic rings. The standard InChI is InChI=1S/C10H14N4O/c15-10(13-6-2-1-3-6)8-4-7(8)9-11-5-12-14-9/h5-8H,1-4H2,(H,13,15)(H,11,12,14)/t7-,8-/m1/s1. The average Bonchev–Trinajstić information content (AvgIpc) is 2.79. The highest BCUT2D eigenvalue weighted by Crippen LogP contribution is 2.46. The Hall–Kier alpha value is -1.39. The van der Waals surface area contributed by atoms with E-state index in [1.165, 1.54) is 12.7 Å². The summed E-state index contributed by atoms with van der Waals surface area (Å²) in [4.78, 5) is 15.8. The molecule has 5 nitrogen and oxygen atoms in total. The second kappa shape index (κ2) is 3.32. The minimum atomic E-state index is 0.124. The zero-order valence-electron chi connectivity index (χ0n) is 8.44. The van der Waals surface area contributed by atoms with Gasteiger partial charge in [0.1, 0.15) is 12.2 Å². The van der Waals surface area contributed by atoms with Crippen LogP contribution in [0.1, 0.15) is 37.4 Å². The minimum absolute atomic E-state index is 0.124. The van der Waals surface area contributed by atoms with Crippen LogP contribution in [-0.2, 0) is 4.79 Å². The van der Waals surface area contributed by atoms with E-state index in [0.29, 0.717) is 6.04 Å². The first-order valence-electron chi connectivity index (χ1n) is 5.50. The van der Waals surface area contributed by atoms with Gasteiger partial charge in [-0.1, -0.05) is 0 Å². The monoisotopic (exact) mass is 206 g/mol. The number of carbonyl (C=O) groups is 1. The predicted molar refractivity (Wildman–Crippen MR) is 53.0 cm³/mol. The maximum atomic E-state index is 11.7. The Labute approximate surface area is 87.7 Å². The molecule has 1 aromatic heterocycles. The topological polar surface area (TPSA) is 70.7 Å². The summed E-state index contributed by atoms with van der Waals surface area (Å²) in [5.74, 6) is 1.44. The lowest BCUT2D eigenvalue weighted by molar-refractivity contribution is -0.123. The van der Waals surface area contributed by atoms with Crippen molar-refractivity contribution in [1.29, 1.82) is 0 Å².